The van der Waals surface area contributed by atoms with E-state index in [1.54, 1.807) is 6.20 Å². The summed E-state index contributed by atoms with van der Waals surface area (Å²) in [6.45, 7) is 0.789. The molecule has 0 unspecified atom stereocenters. The second-order valence-corrected chi connectivity index (χ2v) is 5.62. The maximum Gasteiger partial charge on any atom is 0.313 e. The van der Waals surface area contributed by atoms with E-state index in [2.05, 4.69) is 21.7 Å². The third-order valence-corrected chi connectivity index (χ3v) is 4.18. The fourth-order valence-corrected chi connectivity index (χ4v) is 2.98. The van der Waals surface area contributed by atoms with Crippen LogP contribution in [-0.2, 0) is 11.3 Å². The molecule has 5 heteroatoms. The van der Waals surface area contributed by atoms with Gasteiger partial charge in [-0.05, 0) is 17.7 Å². The first-order valence-corrected chi connectivity index (χ1v) is 7.55. The van der Waals surface area contributed by atoms with E-state index in [1.165, 1.54) is 17.3 Å². The minimum atomic E-state index is -0.831. The Kier molecular flexibility index (Phi) is 3.92. The molecule has 106 valence electrons. The normalized spacial score (nSPS) is 10.9. The summed E-state index contributed by atoms with van der Waals surface area (Å²) in [5, 5.41) is 10.6. The Hall–Kier alpha value is -2.27. The molecule has 0 bridgehead atoms. The number of carboxylic acids is 1. The quantitative estimate of drug-likeness (QED) is 0.735. The standard InChI is InChI=1S/C16H14N2O2S/c19-15(20)11-21-16-13-7-9-18(14(13)6-8-17-16)10-12-4-2-1-3-5-12/h1-9H,10-11H2,(H,19,20). The third-order valence-electron chi connectivity index (χ3n) is 3.19. The lowest BCUT2D eigenvalue weighted by Gasteiger charge is -2.06. The van der Waals surface area contributed by atoms with Gasteiger partial charge < -0.3 is 9.67 Å². The van der Waals surface area contributed by atoms with Gasteiger partial charge in [0.15, 0.2) is 0 Å². The zero-order valence-electron chi connectivity index (χ0n) is 11.3. The SMILES string of the molecule is O=C(O)CSc1nccc2c1ccn2Cc1ccccc1. The number of hydrogen-bond donors (Lipinski definition) is 1. The average molecular weight is 298 g/mol. The van der Waals surface area contributed by atoms with Crippen molar-refractivity contribution in [3.8, 4) is 0 Å². The van der Waals surface area contributed by atoms with Gasteiger partial charge in [-0.1, -0.05) is 42.1 Å². The summed E-state index contributed by atoms with van der Waals surface area (Å²) in [5.41, 5.74) is 2.30. The van der Waals surface area contributed by atoms with Crippen LogP contribution in [0, 0.1) is 0 Å². The smallest absolute Gasteiger partial charge is 0.313 e. The number of fused-ring (bicyclic) bond motifs is 1. The van der Waals surface area contributed by atoms with Crippen LogP contribution in [0.1, 0.15) is 5.56 Å². The summed E-state index contributed by atoms with van der Waals surface area (Å²) in [4.78, 5) is 15.0. The summed E-state index contributed by atoms with van der Waals surface area (Å²) < 4.78 is 2.15. The summed E-state index contributed by atoms with van der Waals surface area (Å²) >= 11 is 1.25. The second-order valence-electron chi connectivity index (χ2n) is 4.66. The van der Waals surface area contributed by atoms with Gasteiger partial charge in [0.05, 0.1) is 11.3 Å². The molecule has 3 rings (SSSR count). The largest absolute Gasteiger partial charge is 0.481 e. The van der Waals surface area contributed by atoms with Gasteiger partial charge in [0.1, 0.15) is 5.03 Å². The van der Waals surface area contributed by atoms with Crippen molar-refractivity contribution in [2.24, 2.45) is 0 Å². The van der Waals surface area contributed by atoms with E-state index in [9.17, 15) is 4.79 Å². The van der Waals surface area contributed by atoms with Crippen molar-refractivity contribution in [2.45, 2.75) is 11.6 Å². The van der Waals surface area contributed by atoms with Crippen LogP contribution < -0.4 is 0 Å². The summed E-state index contributed by atoms with van der Waals surface area (Å²) in [6, 6.07) is 14.2. The molecule has 0 atom stereocenters. The van der Waals surface area contributed by atoms with Gasteiger partial charge in [0, 0.05) is 24.3 Å². The Bertz CT molecular complexity index is 768. The van der Waals surface area contributed by atoms with Crippen LogP contribution in [0.3, 0.4) is 0 Å². The summed E-state index contributed by atoms with van der Waals surface area (Å²) in [5.74, 6) is -0.807. The minimum absolute atomic E-state index is 0.0238. The van der Waals surface area contributed by atoms with Crippen LogP contribution in [-0.4, -0.2) is 26.4 Å². The second kappa shape index (κ2) is 6.01. The zero-order chi connectivity index (χ0) is 14.7. The topological polar surface area (TPSA) is 55.1 Å². The zero-order valence-corrected chi connectivity index (χ0v) is 12.1. The van der Waals surface area contributed by atoms with Crippen LogP contribution in [0.4, 0.5) is 0 Å². The van der Waals surface area contributed by atoms with Crippen molar-refractivity contribution >= 4 is 28.6 Å². The van der Waals surface area contributed by atoms with E-state index in [1.807, 2.05) is 36.5 Å². The fraction of sp³-hybridized carbons (Fsp3) is 0.125. The Balaban J connectivity index is 1.91. The number of aromatic nitrogens is 2. The minimum Gasteiger partial charge on any atom is -0.481 e. The Labute approximate surface area is 126 Å². The number of carbonyl (C=O) groups is 1. The molecule has 2 aromatic heterocycles. The molecule has 3 aromatic rings. The molecular formula is C16H14N2O2S. The van der Waals surface area contributed by atoms with Crippen molar-refractivity contribution in [3.05, 3.63) is 60.4 Å². The van der Waals surface area contributed by atoms with E-state index in [0.29, 0.717) is 0 Å². The fourth-order valence-electron chi connectivity index (χ4n) is 2.26. The van der Waals surface area contributed by atoms with Gasteiger partial charge in [0.2, 0.25) is 0 Å². The molecule has 2 heterocycles. The van der Waals surface area contributed by atoms with E-state index >= 15 is 0 Å². The molecular weight excluding hydrogens is 284 g/mol. The molecule has 1 aromatic carbocycles. The molecule has 0 saturated heterocycles. The van der Waals surface area contributed by atoms with Crippen molar-refractivity contribution in [3.63, 3.8) is 0 Å². The molecule has 0 spiro atoms. The molecule has 1 N–H and O–H groups in total. The first kappa shape index (κ1) is 13.7. The van der Waals surface area contributed by atoms with Gasteiger partial charge >= 0.3 is 5.97 Å². The van der Waals surface area contributed by atoms with Crippen LogP contribution in [0.2, 0.25) is 0 Å². The Morgan fingerprint density at radius 3 is 2.76 bits per heavy atom. The maximum atomic E-state index is 10.7. The number of rotatable bonds is 5. The highest BCUT2D eigenvalue weighted by atomic mass is 32.2. The Morgan fingerprint density at radius 1 is 1.19 bits per heavy atom. The summed E-state index contributed by atoms with van der Waals surface area (Å²) in [7, 11) is 0. The summed E-state index contributed by atoms with van der Waals surface area (Å²) in [6.07, 6.45) is 3.75. The predicted octanol–water partition coefficient (Wildman–Crippen LogP) is 3.26. The van der Waals surface area contributed by atoms with Crippen LogP contribution in [0.5, 0.6) is 0 Å². The van der Waals surface area contributed by atoms with E-state index in [-0.39, 0.29) is 5.75 Å². The number of nitrogens with zero attached hydrogens (tertiary/aromatic N) is 2. The van der Waals surface area contributed by atoms with Crippen molar-refractivity contribution in [1.29, 1.82) is 0 Å². The lowest BCUT2D eigenvalue weighted by molar-refractivity contribution is -0.133. The van der Waals surface area contributed by atoms with Crippen LogP contribution in [0.25, 0.3) is 10.9 Å². The molecule has 0 fully saturated rings. The lowest BCUT2D eigenvalue weighted by Crippen LogP contribution is -1.99. The molecule has 0 aliphatic rings. The number of thioether (sulfide) groups is 1. The average Bonchev–Trinajstić information content (AvgIpc) is 2.90. The number of carboxylic acid groups (broad SMARTS) is 1. The molecule has 4 nitrogen and oxygen atoms in total. The molecule has 0 saturated carbocycles. The highest BCUT2D eigenvalue weighted by Gasteiger charge is 2.09. The highest BCUT2D eigenvalue weighted by Crippen LogP contribution is 2.26. The van der Waals surface area contributed by atoms with Gasteiger partial charge in [-0.15, -0.1) is 0 Å². The molecule has 0 aliphatic heterocycles. The first-order chi connectivity index (χ1) is 10.2. The van der Waals surface area contributed by atoms with Crippen LogP contribution >= 0.6 is 11.8 Å². The number of hydrogen-bond acceptors (Lipinski definition) is 3. The van der Waals surface area contributed by atoms with E-state index in [0.717, 1.165) is 22.5 Å². The first-order valence-electron chi connectivity index (χ1n) is 6.56. The molecule has 0 radical (unpaired) electrons. The number of aliphatic carboxylic acids is 1. The highest BCUT2D eigenvalue weighted by molar-refractivity contribution is 8.00. The van der Waals surface area contributed by atoms with Gasteiger partial charge in [-0.2, -0.15) is 0 Å². The number of benzene rings is 1. The molecule has 21 heavy (non-hydrogen) atoms. The molecule has 0 aliphatic carbocycles. The number of pyridine rings is 1. The van der Waals surface area contributed by atoms with Crippen molar-refractivity contribution in [1.82, 2.24) is 9.55 Å². The van der Waals surface area contributed by atoms with E-state index < -0.39 is 5.97 Å². The van der Waals surface area contributed by atoms with E-state index in [4.69, 9.17) is 5.11 Å². The van der Waals surface area contributed by atoms with Crippen molar-refractivity contribution in [2.75, 3.05) is 5.75 Å². The predicted molar refractivity (Wildman–Crippen MR) is 83.6 cm³/mol. The molecule has 0 amide bonds. The Morgan fingerprint density at radius 2 is 2.00 bits per heavy atom. The van der Waals surface area contributed by atoms with Crippen LogP contribution in [0.15, 0.2) is 59.9 Å². The van der Waals surface area contributed by atoms with Gasteiger partial charge in [-0.3, -0.25) is 4.79 Å². The van der Waals surface area contributed by atoms with Gasteiger partial charge in [0.25, 0.3) is 0 Å². The maximum absolute atomic E-state index is 10.7. The lowest BCUT2D eigenvalue weighted by atomic mass is 10.2. The third kappa shape index (κ3) is 3.08. The van der Waals surface area contributed by atoms with Crippen molar-refractivity contribution < 1.29 is 9.90 Å². The van der Waals surface area contributed by atoms with Gasteiger partial charge in [-0.25, -0.2) is 4.98 Å². The monoisotopic (exact) mass is 298 g/mol.